The molecule has 0 aromatic heterocycles. The molecule has 1 aliphatic heterocycles. The van der Waals surface area contributed by atoms with Crippen molar-refractivity contribution in [2.45, 2.75) is 13.0 Å². The lowest BCUT2D eigenvalue weighted by atomic mass is 9.85. The molecular weight excluding hydrogens is 238 g/mol. The Kier molecular flexibility index (Phi) is 4.92. The molecule has 1 aliphatic rings. The number of amides is 2. The van der Waals surface area contributed by atoms with Gasteiger partial charge in [0.2, 0.25) is 0 Å². The molecule has 0 spiro atoms. The molecule has 3 N–H and O–H groups in total. The van der Waals surface area contributed by atoms with Crippen molar-refractivity contribution < 1.29 is 19.4 Å². The van der Waals surface area contributed by atoms with Gasteiger partial charge in [0.05, 0.1) is 19.3 Å². The molecule has 2 amide bonds. The van der Waals surface area contributed by atoms with E-state index in [1.807, 2.05) is 19.0 Å². The summed E-state index contributed by atoms with van der Waals surface area (Å²) in [4.78, 5) is 24.7. The fourth-order valence-corrected chi connectivity index (χ4v) is 1.69. The third kappa shape index (κ3) is 3.58. The SMILES string of the molecule is CN(C)CCNC(=O)NC1COCC1(C)C(=O)O. The molecule has 1 heterocycles. The number of carboxylic acids is 1. The molecule has 0 aromatic carbocycles. The molecule has 1 fully saturated rings. The molecule has 0 radical (unpaired) electrons. The minimum Gasteiger partial charge on any atom is -0.481 e. The Morgan fingerprint density at radius 3 is 2.72 bits per heavy atom. The number of rotatable bonds is 5. The highest BCUT2D eigenvalue weighted by molar-refractivity contribution is 5.79. The van der Waals surface area contributed by atoms with Crippen LogP contribution >= 0.6 is 0 Å². The van der Waals surface area contributed by atoms with Gasteiger partial charge in [0, 0.05) is 13.1 Å². The second-order valence-corrected chi connectivity index (χ2v) is 4.99. The van der Waals surface area contributed by atoms with E-state index in [1.165, 1.54) is 0 Å². The highest BCUT2D eigenvalue weighted by Crippen LogP contribution is 2.28. The van der Waals surface area contributed by atoms with Crippen molar-refractivity contribution in [2.75, 3.05) is 40.4 Å². The van der Waals surface area contributed by atoms with Crippen LogP contribution in [0, 0.1) is 5.41 Å². The Bertz CT molecular complexity index is 321. The van der Waals surface area contributed by atoms with E-state index in [0.29, 0.717) is 6.54 Å². The summed E-state index contributed by atoms with van der Waals surface area (Å²) in [6, 6.07) is -0.866. The molecule has 1 rings (SSSR count). The van der Waals surface area contributed by atoms with E-state index in [4.69, 9.17) is 9.84 Å². The summed E-state index contributed by atoms with van der Waals surface area (Å²) in [6.07, 6.45) is 0. The van der Waals surface area contributed by atoms with E-state index in [9.17, 15) is 9.59 Å². The van der Waals surface area contributed by atoms with Crippen LogP contribution in [-0.4, -0.2) is 68.4 Å². The Morgan fingerprint density at radius 1 is 1.50 bits per heavy atom. The first-order valence-electron chi connectivity index (χ1n) is 5.86. The van der Waals surface area contributed by atoms with Crippen LogP contribution in [0.1, 0.15) is 6.92 Å². The van der Waals surface area contributed by atoms with Gasteiger partial charge in [0.25, 0.3) is 0 Å². The van der Waals surface area contributed by atoms with Crippen molar-refractivity contribution in [3.8, 4) is 0 Å². The molecule has 0 bridgehead atoms. The van der Waals surface area contributed by atoms with E-state index in [1.54, 1.807) is 6.92 Å². The van der Waals surface area contributed by atoms with Crippen LogP contribution in [0.2, 0.25) is 0 Å². The first-order valence-corrected chi connectivity index (χ1v) is 5.86. The summed E-state index contributed by atoms with van der Waals surface area (Å²) < 4.78 is 5.15. The predicted molar refractivity (Wildman–Crippen MR) is 65.4 cm³/mol. The van der Waals surface area contributed by atoms with Crippen molar-refractivity contribution in [1.29, 1.82) is 0 Å². The Morgan fingerprint density at radius 2 is 2.17 bits per heavy atom. The molecule has 7 nitrogen and oxygen atoms in total. The van der Waals surface area contributed by atoms with Gasteiger partial charge >= 0.3 is 12.0 Å². The summed E-state index contributed by atoms with van der Waals surface area (Å²) in [7, 11) is 3.82. The lowest BCUT2D eigenvalue weighted by Gasteiger charge is -2.25. The molecule has 0 aromatic rings. The first-order chi connectivity index (χ1) is 8.36. The van der Waals surface area contributed by atoms with Crippen LogP contribution in [0.3, 0.4) is 0 Å². The Labute approximate surface area is 106 Å². The number of nitrogens with one attached hydrogen (secondary N) is 2. The maximum atomic E-state index is 11.6. The van der Waals surface area contributed by atoms with Crippen LogP contribution in [0.4, 0.5) is 4.79 Å². The summed E-state index contributed by atoms with van der Waals surface area (Å²) in [6.45, 7) is 3.16. The number of carbonyl (C=O) groups is 2. The molecule has 0 saturated carbocycles. The highest BCUT2D eigenvalue weighted by Gasteiger charge is 2.47. The van der Waals surface area contributed by atoms with Gasteiger partial charge in [-0.2, -0.15) is 0 Å². The number of carbonyl (C=O) groups excluding carboxylic acids is 1. The number of carboxylic acid groups (broad SMARTS) is 1. The molecule has 2 atom stereocenters. The van der Waals surface area contributed by atoms with Gasteiger partial charge in [0.1, 0.15) is 5.41 Å². The third-order valence-electron chi connectivity index (χ3n) is 3.09. The zero-order chi connectivity index (χ0) is 13.8. The number of likely N-dealkylation sites (N-methyl/N-ethyl adjacent to an activating group) is 1. The first kappa shape index (κ1) is 14.7. The molecule has 0 aliphatic carbocycles. The summed E-state index contributed by atoms with van der Waals surface area (Å²) in [5.74, 6) is -0.960. The van der Waals surface area contributed by atoms with E-state index < -0.39 is 17.4 Å². The molecule has 1 saturated heterocycles. The van der Waals surface area contributed by atoms with Gasteiger partial charge < -0.3 is 25.4 Å². The maximum absolute atomic E-state index is 11.6. The molecular formula is C11H21N3O4. The van der Waals surface area contributed by atoms with Gasteiger partial charge in [0.15, 0.2) is 0 Å². The van der Waals surface area contributed by atoms with E-state index in [-0.39, 0.29) is 19.2 Å². The number of urea groups is 1. The average molecular weight is 259 g/mol. The Hall–Kier alpha value is -1.34. The van der Waals surface area contributed by atoms with Gasteiger partial charge in [-0.25, -0.2) is 4.79 Å². The number of nitrogens with zero attached hydrogens (tertiary/aromatic N) is 1. The monoisotopic (exact) mass is 259 g/mol. The number of aliphatic carboxylic acids is 1. The minimum absolute atomic E-state index is 0.116. The van der Waals surface area contributed by atoms with Crippen molar-refractivity contribution in [3.05, 3.63) is 0 Å². The van der Waals surface area contributed by atoms with Crippen LogP contribution in [-0.2, 0) is 9.53 Å². The third-order valence-corrected chi connectivity index (χ3v) is 3.09. The quantitative estimate of drug-likeness (QED) is 0.609. The topological polar surface area (TPSA) is 90.9 Å². The lowest BCUT2D eigenvalue weighted by molar-refractivity contribution is -0.148. The Balaban J connectivity index is 2.42. The van der Waals surface area contributed by atoms with Crippen molar-refractivity contribution in [3.63, 3.8) is 0 Å². The van der Waals surface area contributed by atoms with Crippen molar-refractivity contribution >= 4 is 12.0 Å². The summed E-state index contributed by atoms with van der Waals surface area (Å²) in [5, 5.41) is 14.5. The van der Waals surface area contributed by atoms with Gasteiger partial charge in [-0.1, -0.05) is 0 Å². The lowest BCUT2D eigenvalue weighted by Crippen LogP contribution is -2.52. The van der Waals surface area contributed by atoms with Crippen LogP contribution in [0.25, 0.3) is 0 Å². The zero-order valence-corrected chi connectivity index (χ0v) is 11.0. The highest BCUT2D eigenvalue weighted by atomic mass is 16.5. The molecule has 7 heteroatoms. The van der Waals surface area contributed by atoms with Crippen LogP contribution in [0.15, 0.2) is 0 Å². The summed E-state index contributed by atoms with van der Waals surface area (Å²) >= 11 is 0. The molecule has 104 valence electrons. The van der Waals surface area contributed by atoms with E-state index >= 15 is 0 Å². The van der Waals surface area contributed by atoms with Crippen molar-refractivity contribution in [2.24, 2.45) is 5.41 Å². The second-order valence-electron chi connectivity index (χ2n) is 4.99. The minimum atomic E-state index is -1.06. The maximum Gasteiger partial charge on any atom is 0.315 e. The standard InChI is InChI=1S/C11H21N3O4/c1-11(9(15)16)7-18-6-8(11)13-10(17)12-4-5-14(2)3/h8H,4-7H2,1-3H3,(H,15,16)(H2,12,13,17). The van der Waals surface area contributed by atoms with E-state index in [2.05, 4.69) is 10.6 Å². The fraction of sp³-hybridized carbons (Fsp3) is 0.818. The van der Waals surface area contributed by atoms with E-state index in [0.717, 1.165) is 6.54 Å². The largest absolute Gasteiger partial charge is 0.481 e. The van der Waals surface area contributed by atoms with Gasteiger partial charge in [-0.3, -0.25) is 4.79 Å². The van der Waals surface area contributed by atoms with Gasteiger partial charge in [-0.15, -0.1) is 0 Å². The number of hydrogen-bond acceptors (Lipinski definition) is 4. The normalized spacial score (nSPS) is 27.2. The number of hydrogen-bond donors (Lipinski definition) is 3. The predicted octanol–water partition coefficient (Wildman–Crippen LogP) is -0.663. The zero-order valence-electron chi connectivity index (χ0n) is 11.0. The summed E-state index contributed by atoms with van der Waals surface area (Å²) in [5.41, 5.74) is -1.06. The number of ether oxygens (including phenoxy) is 1. The smallest absolute Gasteiger partial charge is 0.315 e. The average Bonchev–Trinajstić information content (AvgIpc) is 2.61. The van der Waals surface area contributed by atoms with Crippen LogP contribution in [0.5, 0.6) is 0 Å². The second kappa shape index (κ2) is 6.01. The molecule has 2 unspecified atom stereocenters. The van der Waals surface area contributed by atoms with Gasteiger partial charge in [-0.05, 0) is 21.0 Å². The van der Waals surface area contributed by atoms with Crippen molar-refractivity contribution in [1.82, 2.24) is 15.5 Å². The molecule has 18 heavy (non-hydrogen) atoms. The fourth-order valence-electron chi connectivity index (χ4n) is 1.69. The van der Waals surface area contributed by atoms with Crippen LogP contribution < -0.4 is 10.6 Å².